The van der Waals surface area contributed by atoms with Gasteiger partial charge in [0.1, 0.15) is 5.82 Å². The van der Waals surface area contributed by atoms with Crippen molar-refractivity contribution in [3.63, 3.8) is 0 Å². The molecule has 0 radical (unpaired) electrons. The van der Waals surface area contributed by atoms with Gasteiger partial charge in [0.25, 0.3) is 5.91 Å². The molecule has 1 atom stereocenters. The van der Waals surface area contributed by atoms with Gasteiger partial charge in [0.15, 0.2) is 0 Å². The van der Waals surface area contributed by atoms with Crippen molar-refractivity contribution >= 4 is 23.2 Å². The molecule has 0 bridgehead atoms. The van der Waals surface area contributed by atoms with Gasteiger partial charge in [-0.05, 0) is 43.2 Å². The monoisotopic (exact) mass is 381 g/mol. The molecule has 0 aliphatic carbocycles. The van der Waals surface area contributed by atoms with Crippen molar-refractivity contribution in [2.24, 2.45) is 0 Å². The van der Waals surface area contributed by atoms with Crippen molar-refractivity contribution in [3.05, 3.63) is 59.4 Å². The molecular formula is C22H24FN3O2. The minimum absolute atomic E-state index is 0.153. The van der Waals surface area contributed by atoms with Gasteiger partial charge in [0.05, 0.1) is 23.8 Å². The standard InChI is InChI=1S/C22H24FN3O2/c1-15-6-5-9-18(16(15)2)26-21(27)14-20(22(26)28)25-12-10-24(11-13-25)19-8-4-3-7-17(19)23/h3-9,20H,10-14H2,1-2H3/t20-/m0/s1. The number of nitrogens with zero attached hydrogens (tertiary/aromatic N) is 3. The molecule has 146 valence electrons. The lowest BCUT2D eigenvalue weighted by Crippen LogP contribution is -2.52. The molecule has 0 aromatic heterocycles. The molecule has 2 fully saturated rings. The number of piperazine rings is 1. The van der Waals surface area contributed by atoms with Gasteiger partial charge >= 0.3 is 0 Å². The first-order valence-electron chi connectivity index (χ1n) is 9.64. The largest absolute Gasteiger partial charge is 0.367 e. The summed E-state index contributed by atoms with van der Waals surface area (Å²) in [6.07, 6.45) is 0.200. The summed E-state index contributed by atoms with van der Waals surface area (Å²) < 4.78 is 14.0. The molecule has 2 aromatic rings. The highest BCUT2D eigenvalue weighted by atomic mass is 19.1. The molecule has 2 amide bonds. The summed E-state index contributed by atoms with van der Waals surface area (Å²) in [5.74, 6) is -0.539. The van der Waals surface area contributed by atoms with E-state index in [0.29, 0.717) is 37.6 Å². The Morgan fingerprint density at radius 1 is 0.893 bits per heavy atom. The second kappa shape index (κ2) is 7.36. The Bertz CT molecular complexity index is 922. The van der Waals surface area contributed by atoms with E-state index in [-0.39, 0.29) is 24.1 Å². The number of hydrogen-bond acceptors (Lipinski definition) is 4. The van der Waals surface area contributed by atoms with E-state index in [2.05, 4.69) is 4.90 Å². The Morgan fingerprint density at radius 3 is 2.29 bits per heavy atom. The Kier molecular flexibility index (Phi) is 4.89. The van der Waals surface area contributed by atoms with Gasteiger partial charge in [0.2, 0.25) is 5.91 Å². The molecule has 2 saturated heterocycles. The van der Waals surface area contributed by atoms with Crippen LogP contribution >= 0.6 is 0 Å². The van der Waals surface area contributed by atoms with E-state index in [4.69, 9.17) is 0 Å². The third-order valence-electron chi connectivity index (χ3n) is 5.89. The summed E-state index contributed by atoms with van der Waals surface area (Å²) in [5, 5.41) is 0. The van der Waals surface area contributed by atoms with Gasteiger partial charge in [0, 0.05) is 26.2 Å². The fraction of sp³-hybridized carbons (Fsp3) is 0.364. The summed E-state index contributed by atoms with van der Waals surface area (Å²) in [6, 6.07) is 12.0. The van der Waals surface area contributed by atoms with Gasteiger partial charge in [-0.3, -0.25) is 14.5 Å². The number of anilines is 2. The van der Waals surface area contributed by atoms with E-state index in [1.165, 1.54) is 11.0 Å². The number of halogens is 1. The second-order valence-corrected chi connectivity index (χ2v) is 7.48. The maximum Gasteiger partial charge on any atom is 0.251 e. The smallest absolute Gasteiger partial charge is 0.251 e. The fourth-order valence-electron chi connectivity index (χ4n) is 4.11. The SMILES string of the molecule is Cc1cccc(N2C(=O)C[C@H](N3CCN(c4ccccc4F)CC3)C2=O)c1C. The molecule has 4 rings (SSSR count). The lowest BCUT2D eigenvalue weighted by atomic mass is 10.1. The van der Waals surface area contributed by atoms with Crippen molar-refractivity contribution in [1.29, 1.82) is 0 Å². The summed E-state index contributed by atoms with van der Waals surface area (Å²) in [7, 11) is 0. The van der Waals surface area contributed by atoms with Crippen LogP contribution in [0.5, 0.6) is 0 Å². The zero-order valence-electron chi connectivity index (χ0n) is 16.2. The molecule has 0 unspecified atom stereocenters. The molecule has 28 heavy (non-hydrogen) atoms. The number of hydrogen-bond donors (Lipinski definition) is 0. The quantitative estimate of drug-likeness (QED) is 0.767. The number of rotatable bonds is 3. The van der Waals surface area contributed by atoms with Gasteiger partial charge in [-0.15, -0.1) is 0 Å². The minimum Gasteiger partial charge on any atom is -0.367 e. The first-order chi connectivity index (χ1) is 13.5. The highest BCUT2D eigenvalue weighted by Crippen LogP contribution is 2.30. The van der Waals surface area contributed by atoms with Crippen molar-refractivity contribution in [2.45, 2.75) is 26.3 Å². The van der Waals surface area contributed by atoms with Crippen molar-refractivity contribution in [3.8, 4) is 0 Å². The van der Waals surface area contributed by atoms with Crippen LogP contribution in [0, 0.1) is 19.7 Å². The Hall–Kier alpha value is -2.73. The van der Waals surface area contributed by atoms with Crippen LogP contribution in [0.2, 0.25) is 0 Å². The van der Waals surface area contributed by atoms with Crippen LogP contribution in [0.3, 0.4) is 0 Å². The zero-order valence-corrected chi connectivity index (χ0v) is 16.2. The van der Waals surface area contributed by atoms with Crippen molar-refractivity contribution in [1.82, 2.24) is 4.90 Å². The van der Waals surface area contributed by atoms with Crippen LogP contribution < -0.4 is 9.80 Å². The van der Waals surface area contributed by atoms with Gasteiger partial charge in [-0.25, -0.2) is 9.29 Å². The third kappa shape index (κ3) is 3.18. The average molecular weight is 381 g/mol. The molecular weight excluding hydrogens is 357 g/mol. The predicted molar refractivity (Wildman–Crippen MR) is 107 cm³/mol. The van der Waals surface area contributed by atoms with E-state index < -0.39 is 6.04 Å². The van der Waals surface area contributed by atoms with Crippen LogP contribution in [-0.2, 0) is 9.59 Å². The minimum atomic E-state index is -0.435. The summed E-state index contributed by atoms with van der Waals surface area (Å²) >= 11 is 0. The van der Waals surface area contributed by atoms with Crippen LogP contribution in [0.25, 0.3) is 0 Å². The highest BCUT2D eigenvalue weighted by molar-refractivity contribution is 6.22. The molecule has 0 N–H and O–H groups in total. The molecule has 5 nitrogen and oxygen atoms in total. The first-order valence-corrected chi connectivity index (χ1v) is 9.64. The van der Waals surface area contributed by atoms with Crippen LogP contribution in [0.15, 0.2) is 42.5 Å². The first kappa shape index (κ1) is 18.6. The van der Waals surface area contributed by atoms with E-state index in [9.17, 15) is 14.0 Å². The molecule has 0 spiro atoms. The molecule has 6 heteroatoms. The van der Waals surface area contributed by atoms with E-state index in [1.807, 2.05) is 43.0 Å². The number of carbonyl (C=O) groups is 2. The summed E-state index contributed by atoms with van der Waals surface area (Å²) in [4.78, 5) is 31.1. The second-order valence-electron chi connectivity index (χ2n) is 7.48. The summed E-state index contributed by atoms with van der Waals surface area (Å²) in [6.45, 7) is 6.41. The maximum absolute atomic E-state index is 14.0. The van der Waals surface area contributed by atoms with E-state index in [1.54, 1.807) is 12.1 Å². The molecule has 0 saturated carbocycles. The number of aryl methyl sites for hydroxylation is 1. The fourth-order valence-corrected chi connectivity index (χ4v) is 4.11. The van der Waals surface area contributed by atoms with Gasteiger partial charge in [-0.1, -0.05) is 24.3 Å². The number of para-hydroxylation sites is 1. The maximum atomic E-state index is 14.0. The zero-order chi connectivity index (χ0) is 19.8. The number of benzene rings is 2. The Balaban J connectivity index is 1.48. The normalized spacial score (nSPS) is 20.9. The third-order valence-corrected chi connectivity index (χ3v) is 5.89. The highest BCUT2D eigenvalue weighted by Gasteiger charge is 2.43. The molecule has 2 aromatic carbocycles. The van der Waals surface area contributed by atoms with Crippen molar-refractivity contribution < 1.29 is 14.0 Å². The lowest BCUT2D eigenvalue weighted by Gasteiger charge is -2.38. The predicted octanol–water partition coefficient (Wildman–Crippen LogP) is 2.90. The average Bonchev–Trinajstić information content (AvgIpc) is 2.99. The Morgan fingerprint density at radius 2 is 1.57 bits per heavy atom. The van der Waals surface area contributed by atoms with Crippen LogP contribution in [0.1, 0.15) is 17.5 Å². The topological polar surface area (TPSA) is 43.9 Å². The van der Waals surface area contributed by atoms with Crippen molar-refractivity contribution in [2.75, 3.05) is 36.0 Å². The number of imide groups is 1. The summed E-state index contributed by atoms with van der Waals surface area (Å²) in [5.41, 5.74) is 3.28. The van der Waals surface area contributed by atoms with Crippen LogP contribution in [-0.4, -0.2) is 48.9 Å². The van der Waals surface area contributed by atoms with Crippen LogP contribution in [0.4, 0.5) is 15.8 Å². The van der Waals surface area contributed by atoms with E-state index in [0.717, 1.165) is 11.1 Å². The van der Waals surface area contributed by atoms with E-state index >= 15 is 0 Å². The van der Waals surface area contributed by atoms with Gasteiger partial charge < -0.3 is 4.90 Å². The number of amides is 2. The van der Waals surface area contributed by atoms with Gasteiger partial charge in [-0.2, -0.15) is 0 Å². The number of carbonyl (C=O) groups excluding carboxylic acids is 2. The lowest BCUT2D eigenvalue weighted by molar-refractivity contribution is -0.123. The Labute approximate surface area is 164 Å². The molecule has 2 aliphatic heterocycles. The molecule has 2 aliphatic rings. The molecule has 2 heterocycles.